The summed E-state index contributed by atoms with van der Waals surface area (Å²) in [6.45, 7) is 10.8. The standard InChI is InChI=1S/C11H22N3/c1-2-6-13(7-3-1)10-11-14-8-4-12-5-9-14/h8,12H,1-7,9-11H2. The van der Waals surface area contributed by atoms with Gasteiger partial charge in [-0.15, -0.1) is 0 Å². The third-order valence-corrected chi connectivity index (χ3v) is 3.22. The van der Waals surface area contributed by atoms with Gasteiger partial charge in [-0.05, 0) is 25.9 Å². The predicted molar refractivity (Wildman–Crippen MR) is 59.0 cm³/mol. The van der Waals surface area contributed by atoms with Crippen LogP contribution in [0.4, 0.5) is 0 Å². The van der Waals surface area contributed by atoms with Crippen molar-refractivity contribution < 1.29 is 0 Å². The second kappa shape index (κ2) is 5.69. The number of likely N-dealkylation sites (tertiary alicyclic amines) is 1. The molecule has 2 aliphatic rings. The molecule has 0 unspecified atom stereocenters. The van der Waals surface area contributed by atoms with Crippen LogP contribution < -0.4 is 5.32 Å². The van der Waals surface area contributed by atoms with Crippen LogP contribution in [0.2, 0.25) is 0 Å². The quantitative estimate of drug-likeness (QED) is 0.711. The number of piperidine rings is 1. The van der Waals surface area contributed by atoms with Crippen molar-refractivity contribution >= 4 is 0 Å². The molecule has 0 saturated carbocycles. The largest absolute Gasteiger partial charge is 0.314 e. The van der Waals surface area contributed by atoms with Crippen LogP contribution in [0.5, 0.6) is 0 Å². The Kier molecular flexibility index (Phi) is 4.22. The average Bonchev–Trinajstić information content (AvgIpc) is 2.29. The number of nitrogens with one attached hydrogen (secondary N) is 1. The van der Waals surface area contributed by atoms with E-state index in [1.807, 2.05) is 0 Å². The van der Waals surface area contributed by atoms with Gasteiger partial charge in [-0.3, -0.25) is 4.90 Å². The molecule has 0 aromatic rings. The van der Waals surface area contributed by atoms with Crippen molar-refractivity contribution in [1.82, 2.24) is 15.1 Å². The van der Waals surface area contributed by atoms with E-state index < -0.39 is 0 Å². The SMILES string of the molecule is [CH]1CNCCN1CCN1CCCCC1. The minimum absolute atomic E-state index is 1.06. The van der Waals surface area contributed by atoms with Crippen molar-refractivity contribution in [2.45, 2.75) is 19.3 Å². The van der Waals surface area contributed by atoms with Crippen LogP contribution in [0.3, 0.4) is 0 Å². The molecule has 0 aromatic heterocycles. The van der Waals surface area contributed by atoms with Crippen molar-refractivity contribution in [3.05, 3.63) is 6.54 Å². The third kappa shape index (κ3) is 3.23. The predicted octanol–water partition coefficient (Wildman–Crippen LogP) is 0.539. The topological polar surface area (TPSA) is 18.5 Å². The van der Waals surface area contributed by atoms with Gasteiger partial charge < -0.3 is 10.2 Å². The first-order valence-corrected chi connectivity index (χ1v) is 5.95. The Balaban J connectivity index is 1.60. The zero-order valence-corrected chi connectivity index (χ0v) is 9.04. The highest BCUT2D eigenvalue weighted by Crippen LogP contribution is 2.08. The van der Waals surface area contributed by atoms with Crippen LogP contribution in [-0.4, -0.2) is 55.6 Å². The van der Waals surface area contributed by atoms with Gasteiger partial charge in [-0.1, -0.05) is 6.42 Å². The van der Waals surface area contributed by atoms with E-state index in [-0.39, 0.29) is 0 Å². The normalized spacial score (nSPS) is 26.6. The van der Waals surface area contributed by atoms with Crippen molar-refractivity contribution in [1.29, 1.82) is 0 Å². The van der Waals surface area contributed by atoms with Crippen LogP contribution in [0.1, 0.15) is 19.3 Å². The lowest BCUT2D eigenvalue weighted by Gasteiger charge is -2.31. The second-order valence-corrected chi connectivity index (χ2v) is 4.32. The van der Waals surface area contributed by atoms with Crippen LogP contribution in [0.25, 0.3) is 0 Å². The molecule has 1 radical (unpaired) electrons. The Morgan fingerprint density at radius 1 is 1.00 bits per heavy atom. The Bertz CT molecular complexity index is 131. The highest BCUT2D eigenvalue weighted by atomic mass is 15.2. The van der Waals surface area contributed by atoms with Crippen LogP contribution in [0, 0.1) is 6.54 Å². The molecule has 0 aliphatic carbocycles. The molecule has 2 saturated heterocycles. The number of nitrogens with zero attached hydrogens (tertiary/aromatic N) is 2. The minimum atomic E-state index is 1.06. The molecule has 0 bridgehead atoms. The maximum atomic E-state index is 3.34. The van der Waals surface area contributed by atoms with E-state index in [9.17, 15) is 0 Å². The first kappa shape index (κ1) is 10.4. The third-order valence-electron chi connectivity index (χ3n) is 3.22. The minimum Gasteiger partial charge on any atom is -0.314 e. The van der Waals surface area contributed by atoms with E-state index >= 15 is 0 Å². The van der Waals surface area contributed by atoms with Crippen LogP contribution >= 0.6 is 0 Å². The molecule has 0 aromatic carbocycles. The molecular formula is C11H22N3. The van der Waals surface area contributed by atoms with Gasteiger partial charge in [0, 0.05) is 39.3 Å². The molecular weight excluding hydrogens is 174 g/mol. The zero-order valence-electron chi connectivity index (χ0n) is 9.04. The second-order valence-electron chi connectivity index (χ2n) is 4.32. The van der Waals surface area contributed by atoms with E-state index in [1.165, 1.54) is 52.0 Å². The van der Waals surface area contributed by atoms with Gasteiger partial charge in [-0.25, -0.2) is 0 Å². The van der Waals surface area contributed by atoms with E-state index in [2.05, 4.69) is 21.7 Å². The molecule has 81 valence electrons. The fraction of sp³-hybridized carbons (Fsp3) is 0.909. The first-order chi connectivity index (χ1) is 6.95. The van der Waals surface area contributed by atoms with Crippen LogP contribution in [-0.2, 0) is 0 Å². The summed E-state index contributed by atoms with van der Waals surface area (Å²) in [5, 5.41) is 3.34. The molecule has 2 fully saturated rings. The van der Waals surface area contributed by atoms with Crippen molar-refractivity contribution in [3.63, 3.8) is 0 Å². The molecule has 0 amide bonds. The Morgan fingerprint density at radius 2 is 1.86 bits per heavy atom. The smallest absolute Gasteiger partial charge is 0.0389 e. The number of hydrogen-bond donors (Lipinski definition) is 1. The Labute approximate surface area is 87.4 Å². The first-order valence-electron chi connectivity index (χ1n) is 5.95. The van der Waals surface area contributed by atoms with Gasteiger partial charge >= 0.3 is 0 Å². The van der Waals surface area contributed by atoms with Gasteiger partial charge in [0.25, 0.3) is 0 Å². The highest BCUT2D eigenvalue weighted by Gasteiger charge is 2.13. The lowest BCUT2D eigenvalue weighted by atomic mass is 10.1. The monoisotopic (exact) mass is 196 g/mol. The summed E-state index contributed by atoms with van der Waals surface area (Å²) < 4.78 is 0. The number of rotatable bonds is 3. The molecule has 0 spiro atoms. The molecule has 1 N–H and O–H groups in total. The molecule has 2 heterocycles. The molecule has 3 nitrogen and oxygen atoms in total. The Morgan fingerprint density at radius 3 is 2.57 bits per heavy atom. The van der Waals surface area contributed by atoms with E-state index in [4.69, 9.17) is 0 Å². The maximum Gasteiger partial charge on any atom is 0.0389 e. The lowest BCUT2D eigenvalue weighted by molar-refractivity contribution is 0.189. The molecule has 2 aliphatic heterocycles. The van der Waals surface area contributed by atoms with Crippen LogP contribution in [0.15, 0.2) is 0 Å². The van der Waals surface area contributed by atoms with Gasteiger partial charge in [-0.2, -0.15) is 0 Å². The fourth-order valence-electron chi connectivity index (χ4n) is 2.27. The van der Waals surface area contributed by atoms with Crippen molar-refractivity contribution in [2.75, 3.05) is 45.8 Å². The summed E-state index contributed by atoms with van der Waals surface area (Å²) in [6, 6.07) is 0. The molecule has 14 heavy (non-hydrogen) atoms. The van der Waals surface area contributed by atoms with Crippen molar-refractivity contribution in [2.24, 2.45) is 0 Å². The van der Waals surface area contributed by atoms with E-state index in [1.54, 1.807) is 0 Å². The summed E-state index contributed by atoms with van der Waals surface area (Å²) in [7, 11) is 0. The summed E-state index contributed by atoms with van der Waals surface area (Å²) in [5.41, 5.74) is 0. The molecule has 0 atom stereocenters. The number of hydrogen-bond acceptors (Lipinski definition) is 3. The average molecular weight is 196 g/mol. The lowest BCUT2D eigenvalue weighted by Crippen LogP contribution is -2.44. The fourth-order valence-corrected chi connectivity index (χ4v) is 2.27. The highest BCUT2D eigenvalue weighted by molar-refractivity contribution is 4.78. The molecule has 2 rings (SSSR count). The summed E-state index contributed by atoms with van der Waals surface area (Å²) in [5.74, 6) is 0. The van der Waals surface area contributed by atoms with E-state index in [0.29, 0.717) is 0 Å². The van der Waals surface area contributed by atoms with Gasteiger partial charge in [0.2, 0.25) is 0 Å². The van der Waals surface area contributed by atoms with Crippen molar-refractivity contribution in [3.8, 4) is 0 Å². The van der Waals surface area contributed by atoms with Gasteiger partial charge in [0.05, 0.1) is 0 Å². The Hall–Kier alpha value is -0.120. The number of piperazine rings is 1. The zero-order chi connectivity index (χ0) is 9.64. The summed E-state index contributed by atoms with van der Waals surface area (Å²) >= 11 is 0. The summed E-state index contributed by atoms with van der Waals surface area (Å²) in [6.07, 6.45) is 4.26. The molecule has 3 heteroatoms. The van der Waals surface area contributed by atoms with Gasteiger partial charge in [0.1, 0.15) is 0 Å². The van der Waals surface area contributed by atoms with Gasteiger partial charge in [0.15, 0.2) is 0 Å². The summed E-state index contributed by atoms with van der Waals surface area (Å²) in [4.78, 5) is 5.07. The maximum absolute atomic E-state index is 3.34. The van der Waals surface area contributed by atoms with E-state index in [0.717, 1.165) is 13.1 Å².